The lowest BCUT2D eigenvalue weighted by atomic mass is 10.1. The number of benzene rings is 1. The van der Waals surface area contributed by atoms with Gasteiger partial charge in [0.05, 0.1) is 5.69 Å². The zero-order valence-electron chi connectivity index (χ0n) is 9.53. The molecule has 84 valence electrons. The van der Waals surface area contributed by atoms with Crippen LogP contribution in [0.1, 0.15) is 29.8 Å². The molecule has 1 aromatic rings. The molecule has 0 radical (unpaired) electrons. The minimum atomic E-state index is -1.15. The highest BCUT2D eigenvalue weighted by atomic mass is 32.2. The summed E-state index contributed by atoms with van der Waals surface area (Å²) in [6.07, 6.45) is 2.27. The number of hydrogen-bond acceptors (Lipinski definition) is 2. The lowest BCUT2D eigenvalue weighted by Crippen LogP contribution is -2.04. The molecule has 0 aliphatic heterocycles. The van der Waals surface area contributed by atoms with E-state index < -0.39 is 11.0 Å². The van der Waals surface area contributed by atoms with Crippen molar-refractivity contribution in [1.29, 1.82) is 0 Å². The van der Waals surface area contributed by atoms with Crippen LogP contribution in [0.15, 0.2) is 18.2 Å². The van der Waals surface area contributed by atoms with Crippen LogP contribution >= 0.6 is 0 Å². The van der Waals surface area contributed by atoms with E-state index in [0.717, 1.165) is 11.8 Å². The Balaban J connectivity index is 0.000000921. The first-order chi connectivity index (χ1) is 7.13. The monoisotopic (exact) mass is 227 g/mol. The van der Waals surface area contributed by atoms with Crippen LogP contribution in [-0.2, 0) is 11.0 Å². The molecule has 0 aromatic heterocycles. The third kappa shape index (κ3) is 4.74. The van der Waals surface area contributed by atoms with Gasteiger partial charge in [0, 0.05) is 11.8 Å². The number of aryl methyl sites for hydroxylation is 1. The summed E-state index contributed by atoms with van der Waals surface area (Å²) in [6, 6.07) is 5.34. The summed E-state index contributed by atoms with van der Waals surface area (Å²) >= 11 is 0. The van der Waals surface area contributed by atoms with E-state index in [1.165, 1.54) is 6.26 Å². The molecule has 0 aliphatic carbocycles. The highest BCUT2D eigenvalue weighted by Gasteiger charge is 2.01. The molecule has 15 heavy (non-hydrogen) atoms. The van der Waals surface area contributed by atoms with Crippen molar-refractivity contribution in [3.8, 4) is 0 Å². The second-order valence-corrected chi connectivity index (χ2v) is 3.88. The lowest BCUT2D eigenvalue weighted by Gasteiger charge is -2.05. The SMILES string of the molecule is CC.Cc1ccc(C=O)c(NS(C)=O)c1. The maximum atomic E-state index is 10.9. The van der Waals surface area contributed by atoms with E-state index in [-0.39, 0.29) is 0 Å². The number of carbonyl (C=O) groups is 1. The number of anilines is 1. The Morgan fingerprint density at radius 3 is 2.40 bits per heavy atom. The molecule has 1 N–H and O–H groups in total. The van der Waals surface area contributed by atoms with Gasteiger partial charge in [-0.05, 0) is 24.6 Å². The van der Waals surface area contributed by atoms with Gasteiger partial charge in [-0.25, -0.2) is 4.21 Å². The van der Waals surface area contributed by atoms with Crippen molar-refractivity contribution in [3.63, 3.8) is 0 Å². The van der Waals surface area contributed by atoms with Gasteiger partial charge < -0.3 is 4.72 Å². The molecule has 0 saturated carbocycles. The number of nitrogens with one attached hydrogen (secondary N) is 1. The van der Waals surface area contributed by atoms with E-state index in [2.05, 4.69) is 4.72 Å². The average Bonchev–Trinajstić information content (AvgIpc) is 2.20. The van der Waals surface area contributed by atoms with Crippen LogP contribution in [-0.4, -0.2) is 16.8 Å². The molecule has 0 saturated heterocycles. The Kier molecular flexibility index (Phi) is 6.62. The Bertz CT molecular complexity index is 350. The highest BCUT2D eigenvalue weighted by molar-refractivity contribution is 7.85. The summed E-state index contributed by atoms with van der Waals surface area (Å²) in [7, 11) is -1.15. The first-order valence-electron chi connectivity index (χ1n) is 4.79. The summed E-state index contributed by atoms with van der Waals surface area (Å²) in [4.78, 5) is 10.6. The van der Waals surface area contributed by atoms with Crippen molar-refractivity contribution >= 4 is 23.0 Å². The van der Waals surface area contributed by atoms with E-state index in [1.807, 2.05) is 26.8 Å². The van der Waals surface area contributed by atoms with Crippen molar-refractivity contribution in [2.75, 3.05) is 11.0 Å². The van der Waals surface area contributed by atoms with Gasteiger partial charge in [0.1, 0.15) is 11.0 Å². The Labute approximate surface area is 93.5 Å². The van der Waals surface area contributed by atoms with E-state index in [9.17, 15) is 9.00 Å². The Hall–Kier alpha value is -1.16. The fourth-order valence-corrected chi connectivity index (χ4v) is 1.50. The summed E-state index contributed by atoms with van der Waals surface area (Å²) in [6.45, 7) is 5.92. The van der Waals surface area contributed by atoms with Crippen LogP contribution in [0.5, 0.6) is 0 Å². The highest BCUT2D eigenvalue weighted by Crippen LogP contribution is 2.15. The normalized spacial score (nSPS) is 10.9. The van der Waals surface area contributed by atoms with E-state index >= 15 is 0 Å². The van der Waals surface area contributed by atoms with Crippen LogP contribution in [0.3, 0.4) is 0 Å². The standard InChI is InChI=1S/C9H11NO2S.C2H6/c1-7-3-4-8(6-11)9(5-7)10-13(2)12;1-2/h3-6,10H,1-2H3;1-2H3. The molecule has 0 spiro atoms. The van der Waals surface area contributed by atoms with Gasteiger partial charge in [0.25, 0.3) is 0 Å². The predicted molar refractivity (Wildman–Crippen MR) is 65.6 cm³/mol. The quantitative estimate of drug-likeness (QED) is 0.807. The molecule has 4 heteroatoms. The van der Waals surface area contributed by atoms with E-state index in [4.69, 9.17) is 0 Å². The average molecular weight is 227 g/mol. The van der Waals surface area contributed by atoms with Crippen LogP contribution in [0.4, 0.5) is 5.69 Å². The molecule has 0 bridgehead atoms. The smallest absolute Gasteiger partial charge is 0.152 e. The minimum absolute atomic E-state index is 0.529. The molecule has 1 rings (SSSR count). The van der Waals surface area contributed by atoms with Crippen LogP contribution in [0.2, 0.25) is 0 Å². The van der Waals surface area contributed by atoms with Gasteiger partial charge in [-0.1, -0.05) is 19.9 Å². The zero-order valence-corrected chi connectivity index (χ0v) is 10.4. The molecule has 0 heterocycles. The summed E-state index contributed by atoms with van der Waals surface area (Å²) in [5.74, 6) is 0. The zero-order chi connectivity index (χ0) is 11.8. The molecule has 1 aromatic carbocycles. The van der Waals surface area contributed by atoms with Gasteiger partial charge in [0.15, 0.2) is 6.29 Å². The van der Waals surface area contributed by atoms with Crippen LogP contribution in [0.25, 0.3) is 0 Å². The third-order valence-corrected chi connectivity index (χ3v) is 2.10. The van der Waals surface area contributed by atoms with Gasteiger partial charge in [-0.2, -0.15) is 0 Å². The molecular formula is C11H17NO2S. The topological polar surface area (TPSA) is 46.2 Å². The summed E-state index contributed by atoms with van der Waals surface area (Å²) in [5, 5.41) is 0. The van der Waals surface area contributed by atoms with Crippen molar-refractivity contribution in [3.05, 3.63) is 29.3 Å². The minimum Gasteiger partial charge on any atom is -0.305 e. The fourth-order valence-electron chi connectivity index (χ4n) is 1.02. The van der Waals surface area contributed by atoms with E-state index in [0.29, 0.717) is 11.3 Å². The number of rotatable bonds is 3. The van der Waals surface area contributed by atoms with Crippen LogP contribution < -0.4 is 4.72 Å². The third-order valence-electron chi connectivity index (χ3n) is 1.59. The first kappa shape index (κ1) is 13.8. The van der Waals surface area contributed by atoms with Gasteiger partial charge in [-0.3, -0.25) is 4.79 Å². The number of hydrogen-bond donors (Lipinski definition) is 1. The van der Waals surface area contributed by atoms with Gasteiger partial charge in [-0.15, -0.1) is 0 Å². The van der Waals surface area contributed by atoms with Crippen molar-refractivity contribution in [1.82, 2.24) is 0 Å². The number of carbonyl (C=O) groups excluding carboxylic acids is 1. The molecule has 0 amide bonds. The number of aldehydes is 1. The van der Waals surface area contributed by atoms with Crippen LogP contribution in [0, 0.1) is 6.92 Å². The summed E-state index contributed by atoms with van der Waals surface area (Å²) < 4.78 is 13.6. The lowest BCUT2D eigenvalue weighted by molar-refractivity contribution is 0.112. The Morgan fingerprint density at radius 1 is 1.33 bits per heavy atom. The van der Waals surface area contributed by atoms with Crippen molar-refractivity contribution in [2.45, 2.75) is 20.8 Å². The molecule has 0 aliphatic rings. The van der Waals surface area contributed by atoms with E-state index in [1.54, 1.807) is 12.1 Å². The molecule has 0 fully saturated rings. The second kappa shape index (κ2) is 7.17. The molecule has 3 nitrogen and oxygen atoms in total. The molecular weight excluding hydrogens is 210 g/mol. The van der Waals surface area contributed by atoms with Gasteiger partial charge >= 0.3 is 0 Å². The maximum absolute atomic E-state index is 10.9. The van der Waals surface area contributed by atoms with Gasteiger partial charge in [0.2, 0.25) is 0 Å². The maximum Gasteiger partial charge on any atom is 0.152 e. The molecule has 1 unspecified atom stereocenters. The van der Waals surface area contributed by atoms with Crippen molar-refractivity contribution < 1.29 is 9.00 Å². The van der Waals surface area contributed by atoms with Crippen molar-refractivity contribution in [2.24, 2.45) is 0 Å². The second-order valence-electron chi connectivity index (χ2n) is 2.76. The summed E-state index contributed by atoms with van der Waals surface area (Å²) in [5.41, 5.74) is 2.18. The predicted octanol–water partition coefficient (Wildman–Crippen LogP) is 2.54. The Morgan fingerprint density at radius 2 is 1.93 bits per heavy atom. The molecule has 1 atom stereocenters. The first-order valence-corrected chi connectivity index (χ1v) is 6.35. The fraction of sp³-hybridized carbons (Fsp3) is 0.364. The largest absolute Gasteiger partial charge is 0.305 e.